The van der Waals surface area contributed by atoms with Crippen LogP contribution in [0.5, 0.6) is 5.75 Å². The standard InChI is InChI=1S/C18H22N2O3S/c1-12(17-7-4-8-22-17)19-18(21)14-5-3-6-16(9-14)23-10-15-11-24-13(2)20-15/h3,5-6,9,11-12,17H,4,7-8,10H2,1-2H3,(H,19,21)/t12-,17-/m1/s1. The number of nitrogens with one attached hydrogen (secondary N) is 1. The average molecular weight is 346 g/mol. The van der Waals surface area contributed by atoms with Gasteiger partial charge in [-0.3, -0.25) is 4.79 Å². The second-order valence-corrected chi connectivity index (χ2v) is 7.05. The molecular weight excluding hydrogens is 324 g/mol. The predicted molar refractivity (Wildman–Crippen MR) is 93.5 cm³/mol. The van der Waals surface area contributed by atoms with E-state index in [0.717, 1.165) is 30.2 Å². The number of aryl methyl sites for hydroxylation is 1. The lowest BCUT2D eigenvalue weighted by Crippen LogP contribution is -2.40. The topological polar surface area (TPSA) is 60.5 Å². The maximum absolute atomic E-state index is 12.4. The number of aromatic nitrogens is 1. The molecule has 3 rings (SSSR count). The van der Waals surface area contributed by atoms with Crippen molar-refractivity contribution in [3.05, 3.63) is 45.9 Å². The van der Waals surface area contributed by atoms with Gasteiger partial charge in [-0.1, -0.05) is 6.07 Å². The minimum atomic E-state index is -0.104. The molecule has 1 fully saturated rings. The highest BCUT2D eigenvalue weighted by atomic mass is 32.1. The fraction of sp³-hybridized carbons (Fsp3) is 0.444. The number of nitrogens with zero attached hydrogens (tertiary/aromatic N) is 1. The Morgan fingerprint density at radius 2 is 2.42 bits per heavy atom. The van der Waals surface area contributed by atoms with Gasteiger partial charge in [-0.05, 0) is 44.9 Å². The molecule has 6 heteroatoms. The molecule has 5 nitrogen and oxygen atoms in total. The molecular formula is C18H22N2O3S. The smallest absolute Gasteiger partial charge is 0.251 e. The van der Waals surface area contributed by atoms with E-state index in [0.29, 0.717) is 17.9 Å². The van der Waals surface area contributed by atoms with Crippen molar-refractivity contribution < 1.29 is 14.3 Å². The summed E-state index contributed by atoms with van der Waals surface area (Å²) >= 11 is 1.60. The molecule has 1 aliphatic rings. The van der Waals surface area contributed by atoms with Gasteiger partial charge in [0, 0.05) is 17.6 Å². The lowest BCUT2D eigenvalue weighted by atomic mass is 10.1. The van der Waals surface area contributed by atoms with E-state index < -0.39 is 0 Å². The van der Waals surface area contributed by atoms with Crippen LogP contribution in [0.4, 0.5) is 0 Å². The highest BCUT2D eigenvalue weighted by Crippen LogP contribution is 2.18. The van der Waals surface area contributed by atoms with Crippen LogP contribution in [0.25, 0.3) is 0 Å². The maximum Gasteiger partial charge on any atom is 0.251 e. The van der Waals surface area contributed by atoms with E-state index in [4.69, 9.17) is 9.47 Å². The normalized spacial score (nSPS) is 18.3. The Labute approximate surface area is 146 Å². The van der Waals surface area contributed by atoms with Gasteiger partial charge in [-0.15, -0.1) is 11.3 Å². The maximum atomic E-state index is 12.4. The first-order valence-corrected chi connectivity index (χ1v) is 9.06. The number of hydrogen-bond acceptors (Lipinski definition) is 5. The zero-order valence-corrected chi connectivity index (χ0v) is 14.8. The lowest BCUT2D eigenvalue weighted by Gasteiger charge is -2.20. The SMILES string of the molecule is Cc1nc(COc2cccc(C(=O)N[C@H](C)[C@H]3CCCO3)c2)cs1. The molecule has 0 spiro atoms. The molecule has 1 amide bonds. The summed E-state index contributed by atoms with van der Waals surface area (Å²) in [7, 11) is 0. The number of hydrogen-bond donors (Lipinski definition) is 1. The number of rotatable bonds is 6. The first-order valence-electron chi connectivity index (χ1n) is 8.18. The monoisotopic (exact) mass is 346 g/mol. The van der Waals surface area contributed by atoms with Crippen LogP contribution in [0.1, 0.15) is 40.8 Å². The minimum absolute atomic E-state index is 0.00237. The molecule has 2 aromatic rings. The Hall–Kier alpha value is -1.92. The van der Waals surface area contributed by atoms with Gasteiger partial charge >= 0.3 is 0 Å². The lowest BCUT2D eigenvalue weighted by molar-refractivity contribution is 0.0712. The number of carbonyl (C=O) groups excluding carboxylic acids is 1. The number of thiazole rings is 1. The summed E-state index contributed by atoms with van der Waals surface area (Å²) in [5.41, 5.74) is 1.49. The van der Waals surface area contributed by atoms with E-state index in [-0.39, 0.29) is 18.1 Å². The molecule has 2 heterocycles. The predicted octanol–water partition coefficient (Wildman–Crippen LogP) is 3.33. The molecule has 1 aromatic heterocycles. The van der Waals surface area contributed by atoms with E-state index in [2.05, 4.69) is 10.3 Å². The van der Waals surface area contributed by atoms with Crippen LogP contribution < -0.4 is 10.1 Å². The van der Waals surface area contributed by atoms with Crippen molar-refractivity contribution in [3.8, 4) is 5.75 Å². The van der Waals surface area contributed by atoms with Crippen LogP contribution in [0.15, 0.2) is 29.6 Å². The Kier molecular flexibility index (Phi) is 5.48. The summed E-state index contributed by atoms with van der Waals surface area (Å²) < 4.78 is 11.4. The molecule has 0 radical (unpaired) electrons. The van der Waals surface area contributed by atoms with Crippen molar-refractivity contribution in [2.75, 3.05) is 6.61 Å². The molecule has 1 saturated heterocycles. The third-order valence-corrected chi connectivity index (χ3v) is 4.85. The van der Waals surface area contributed by atoms with Crippen molar-refractivity contribution in [2.45, 2.75) is 45.4 Å². The van der Waals surface area contributed by atoms with Gasteiger partial charge in [-0.2, -0.15) is 0 Å². The highest BCUT2D eigenvalue weighted by Gasteiger charge is 2.24. The van der Waals surface area contributed by atoms with Crippen molar-refractivity contribution in [1.29, 1.82) is 0 Å². The van der Waals surface area contributed by atoms with E-state index >= 15 is 0 Å². The van der Waals surface area contributed by atoms with Gasteiger partial charge in [0.25, 0.3) is 5.91 Å². The first kappa shape index (κ1) is 16.9. The van der Waals surface area contributed by atoms with E-state index in [1.54, 1.807) is 23.5 Å². The van der Waals surface area contributed by atoms with Crippen LogP contribution in [-0.2, 0) is 11.3 Å². The zero-order valence-electron chi connectivity index (χ0n) is 14.0. The molecule has 1 aromatic carbocycles. The summed E-state index contributed by atoms with van der Waals surface area (Å²) in [5, 5.41) is 6.01. The van der Waals surface area contributed by atoms with Gasteiger partial charge in [0.1, 0.15) is 12.4 Å². The molecule has 128 valence electrons. The Morgan fingerprint density at radius 1 is 1.54 bits per heavy atom. The Morgan fingerprint density at radius 3 is 3.12 bits per heavy atom. The van der Waals surface area contributed by atoms with Crippen molar-refractivity contribution in [3.63, 3.8) is 0 Å². The molecule has 0 aliphatic carbocycles. The van der Waals surface area contributed by atoms with Crippen LogP contribution >= 0.6 is 11.3 Å². The third-order valence-electron chi connectivity index (χ3n) is 4.03. The fourth-order valence-electron chi connectivity index (χ4n) is 2.74. The van der Waals surface area contributed by atoms with E-state index in [9.17, 15) is 4.79 Å². The number of ether oxygens (including phenoxy) is 2. The Bertz CT molecular complexity index is 695. The van der Waals surface area contributed by atoms with Crippen molar-refractivity contribution in [2.24, 2.45) is 0 Å². The molecule has 1 aliphatic heterocycles. The molecule has 2 atom stereocenters. The zero-order chi connectivity index (χ0) is 16.9. The third kappa shape index (κ3) is 4.33. The second-order valence-electron chi connectivity index (χ2n) is 5.99. The largest absolute Gasteiger partial charge is 0.487 e. The summed E-state index contributed by atoms with van der Waals surface area (Å²) in [4.78, 5) is 16.8. The minimum Gasteiger partial charge on any atom is -0.487 e. The fourth-order valence-corrected chi connectivity index (χ4v) is 3.34. The van der Waals surface area contributed by atoms with E-state index in [1.807, 2.05) is 31.4 Å². The summed E-state index contributed by atoms with van der Waals surface area (Å²) in [6.45, 7) is 5.14. The molecule has 24 heavy (non-hydrogen) atoms. The van der Waals surface area contributed by atoms with Gasteiger partial charge < -0.3 is 14.8 Å². The first-order chi connectivity index (χ1) is 11.6. The van der Waals surface area contributed by atoms with E-state index in [1.165, 1.54) is 0 Å². The van der Waals surface area contributed by atoms with Crippen molar-refractivity contribution >= 4 is 17.2 Å². The van der Waals surface area contributed by atoms with Gasteiger partial charge in [0.2, 0.25) is 0 Å². The van der Waals surface area contributed by atoms with Crippen molar-refractivity contribution in [1.82, 2.24) is 10.3 Å². The van der Waals surface area contributed by atoms with Crippen LogP contribution in [-0.4, -0.2) is 29.6 Å². The average Bonchev–Trinajstić information content (AvgIpc) is 3.25. The quantitative estimate of drug-likeness (QED) is 0.871. The van der Waals surface area contributed by atoms with Gasteiger partial charge in [0.05, 0.1) is 22.8 Å². The molecule has 0 saturated carbocycles. The van der Waals surface area contributed by atoms with Crippen LogP contribution in [0.3, 0.4) is 0 Å². The molecule has 0 unspecified atom stereocenters. The number of amides is 1. The summed E-state index contributed by atoms with van der Waals surface area (Å²) in [6, 6.07) is 7.23. The summed E-state index contributed by atoms with van der Waals surface area (Å²) in [6.07, 6.45) is 2.17. The highest BCUT2D eigenvalue weighted by molar-refractivity contribution is 7.09. The molecule has 1 N–H and O–H groups in total. The van der Waals surface area contributed by atoms with Crippen LogP contribution in [0, 0.1) is 6.92 Å². The summed E-state index contributed by atoms with van der Waals surface area (Å²) in [5.74, 6) is 0.561. The number of carbonyl (C=O) groups is 1. The number of benzene rings is 1. The Balaban J connectivity index is 1.58. The second kappa shape index (κ2) is 7.77. The van der Waals surface area contributed by atoms with Gasteiger partial charge in [-0.25, -0.2) is 4.98 Å². The molecule has 0 bridgehead atoms. The van der Waals surface area contributed by atoms with Crippen LogP contribution in [0.2, 0.25) is 0 Å². The van der Waals surface area contributed by atoms with Gasteiger partial charge in [0.15, 0.2) is 0 Å².